The number of imidazole rings is 1. The number of fused-ring (bicyclic) bond motifs is 1. The summed E-state index contributed by atoms with van der Waals surface area (Å²) in [4.78, 5) is 37.6. The van der Waals surface area contributed by atoms with Crippen LogP contribution in [0.25, 0.3) is 11.2 Å². The van der Waals surface area contributed by atoms with Gasteiger partial charge in [-0.05, 0) is 18.8 Å². The van der Waals surface area contributed by atoms with E-state index in [1.807, 2.05) is 18.4 Å². The van der Waals surface area contributed by atoms with Gasteiger partial charge in [0, 0.05) is 18.9 Å². The number of nitrogen functional groups attached to an aromatic ring is 1. The van der Waals surface area contributed by atoms with E-state index in [1.165, 1.54) is 89.9 Å². The normalized spacial score (nSPS) is 13.5. The highest BCUT2D eigenvalue weighted by Gasteiger charge is 2.22. The SMILES string of the molecule is CCCCCCCCCCCCCCCCCCCC(=O)OCC(CCOC(=O)[C@@H](N)[C@@H](C)CC)Cn1cnc2cnc(N)nc21. The van der Waals surface area contributed by atoms with E-state index in [2.05, 4.69) is 21.9 Å². The maximum absolute atomic E-state index is 12.6. The van der Waals surface area contributed by atoms with Crippen LogP contribution in [0.5, 0.6) is 0 Å². The fraction of sp³-hybridized carbons (Fsp3) is 0.806. The predicted molar refractivity (Wildman–Crippen MR) is 186 cm³/mol. The summed E-state index contributed by atoms with van der Waals surface area (Å²) in [5, 5.41) is 0. The fourth-order valence-corrected chi connectivity index (χ4v) is 5.69. The third kappa shape index (κ3) is 16.7. The lowest BCUT2D eigenvalue weighted by atomic mass is 10.0. The fourth-order valence-electron chi connectivity index (χ4n) is 5.69. The molecule has 262 valence electrons. The van der Waals surface area contributed by atoms with Gasteiger partial charge in [0.05, 0.1) is 25.7 Å². The molecule has 2 aromatic rings. The zero-order chi connectivity index (χ0) is 33.4. The van der Waals surface area contributed by atoms with Gasteiger partial charge in [0.1, 0.15) is 11.6 Å². The molecular formula is C36H64N6O4. The zero-order valence-electron chi connectivity index (χ0n) is 29.2. The number of rotatable bonds is 28. The second-order valence-corrected chi connectivity index (χ2v) is 13.2. The van der Waals surface area contributed by atoms with Crippen LogP contribution in [0.3, 0.4) is 0 Å². The highest BCUT2D eigenvalue weighted by Crippen LogP contribution is 2.17. The van der Waals surface area contributed by atoms with Crippen LogP contribution in [0, 0.1) is 11.8 Å². The lowest BCUT2D eigenvalue weighted by molar-refractivity contribution is -0.149. The van der Waals surface area contributed by atoms with Crippen molar-refractivity contribution in [3.63, 3.8) is 0 Å². The van der Waals surface area contributed by atoms with Gasteiger partial charge in [0.2, 0.25) is 5.95 Å². The molecule has 3 atom stereocenters. The Kier molecular flexibility index (Phi) is 20.9. The van der Waals surface area contributed by atoms with E-state index >= 15 is 0 Å². The number of hydrogen-bond acceptors (Lipinski definition) is 9. The summed E-state index contributed by atoms with van der Waals surface area (Å²) in [5.41, 5.74) is 13.1. The van der Waals surface area contributed by atoms with E-state index in [4.69, 9.17) is 20.9 Å². The van der Waals surface area contributed by atoms with Crippen LogP contribution < -0.4 is 11.5 Å². The molecule has 0 bridgehead atoms. The maximum Gasteiger partial charge on any atom is 0.323 e. The number of carbonyl (C=O) groups excluding carboxylic acids is 2. The molecule has 0 aliphatic heterocycles. The predicted octanol–water partition coefficient (Wildman–Crippen LogP) is 7.92. The Balaban J connectivity index is 1.61. The molecule has 0 saturated heterocycles. The zero-order valence-corrected chi connectivity index (χ0v) is 29.2. The van der Waals surface area contributed by atoms with Crippen molar-refractivity contribution in [2.75, 3.05) is 18.9 Å². The molecule has 0 amide bonds. The lowest BCUT2D eigenvalue weighted by Crippen LogP contribution is -2.38. The van der Waals surface area contributed by atoms with E-state index in [1.54, 1.807) is 12.5 Å². The van der Waals surface area contributed by atoms with Crippen LogP contribution in [0.15, 0.2) is 12.5 Å². The number of unbranched alkanes of at least 4 members (excludes halogenated alkanes) is 16. The Morgan fingerprint density at radius 3 is 1.96 bits per heavy atom. The minimum atomic E-state index is -0.650. The molecule has 10 nitrogen and oxygen atoms in total. The van der Waals surface area contributed by atoms with E-state index in [-0.39, 0.29) is 37.0 Å². The van der Waals surface area contributed by atoms with Gasteiger partial charge in [0.15, 0.2) is 5.65 Å². The summed E-state index contributed by atoms with van der Waals surface area (Å²) in [6, 6.07) is -0.650. The van der Waals surface area contributed by atoms with Gasteiger partial charge in [-0.2, -0.15) is 4.98 Å². The first-order valence-electron chi connectivity index (χ1n) is 18.4. The summed E-state index contributed by atoms with van der Waals surface area (Å²) in [5.74, 6) is -0.498. The van der Waals surface area contributed by atoms with Crippen molar-refractivity contribution in [2.24, 2.45) is 17.6 Å². The third-order valence-corrected chi connectivity index (χ3v) is 9.10. The first-order chi connectivity index (χ1) is 22.3. The van der Waals surface area contributed by atoms with Gasteiger partial charge in [-0.25, -0.2) is 9.97 Å². The van der Waals surface area contributed by atoms with Crippen LogP contribution >= 0.6 is 0 Å². The second kappa shape index (κ2) is 24.4. The molecule has 2 heterocycles. The molecule has 0 spiro atoms. The van der Waals surface area contributed by atoms with Gasteiger partial charge in [-0.1, -0.05) is 130 Å². The van der Waals surface area contributed by atoms with E-state index in [9.17, 15) is 9.59 Å². The van der Waals surface area contributed by atoms with E-state index in [0.29, 0.717) is 30.6 Å². The molecule has 1 unspecified atom stereocenters. The highest BCUT2D eigenvalue weighted by atomic mass is 16.5. The van der Waals surface area contributed by atoms with E-state index in [0.717, 1.165) is 25.7 Å². The van der Waals surface area contributed by atoms with Crippen molar-refractivity contribution in [1.82, 2.24) is 19.5 Å². The first-order valence-corrected chi connectivity index (χ1v) is 18.4. The van der Waals surface area contributed by atoms with Crippen molar-refractivity contribution in [3.05, 3.63) is 12.5 Å². The van der Waals surface area contributed by atoms with Crippen LogP contribution in [0.1, 0.15) is 149 Å². The largest absolute Gasteiger partial charge is 0.465 e. The number of carbonyl (C=O) groups is 2. The van der Waals surface area contributed by atoms with Crippen LogP contribution in [-0.4, -0.2) is 50.7 Å². The van der Waals surface area contributed by atoms with Crippen LogP contribution in [-0.2, 0) is 25.6 Å². The number of nitrogens with two attached hydrogens (primary N) is 2. The molecule has 0 fully saturated rings. The molecular weight excluding hydrogens is 580 g/mol. The molecule has 0 aliphatic carbocycles. The summed E-state index contributed by atoms with van der Waals surface area (Å²) in [6.45, 7) is 7.09. The average molecular weight is 645 g/mol. The average Bonchev–Trinajstić information content (AvgIpc) is 3.45. The minimum absolute atomic E-state index is 0.0427. The van der Waals surface area contributed by atoms with Gasteiger partial charge in [-0.15, -0.1) is 0 Å². The Morgan fingerprint density at radius 1 is 0.826 bits per heavy atom. The summed E-state index contributed by atoms with van der Waals surface area (Å²) in [6.07, 6.45) is 27.2. The molecule has 0 saturated carbocycles. The summed E-state index contributed by atoms with van der Waals surface area (Å²) < 4.78 is 13.0. The second-order valence-electron chi connectivity index (χ2n) is 13.2. The molecule has 4 N–H and O–H groups in total. The van der Waals surface area contributed by atoms with Gasteiger partial charge < -0.3 is 25.5 Å². The molecule has 46 heavy (non-hydrogen) atoms. The first kappa shape index (κ1) is 39.4. The number of ether oxygens (including phenoxy) is 2. The van der Waals surface area contributed by atoms with Crippen molar-refractivity contribution in [1.29, 1.82) is 0 Å². The quantitative estimate of drug-likeness (QED) is 0.0696. The number of aromatic nitrogens is 4. The maximum atomic E-state index is 12.6. The molecule has 2 rings (SSSR count). The van der Waals surface area contributed by atoms with Crippen LogP contribution in [0.4, 0.5) is 5.95 Å². The van der Waals surface area contributed by atoms with Crippen molar-refractivity contribution in [2.45, 2.75) is 162 Å². The number of esters is 2. The smallest absolute Gasteiger partial charge is 0.323 e. The van der Waals surface area contributed by atoms with Crippen molar-refractivity contribution in [3.8, 4) is 0 Å². The Morgan fingerprint density at radius 2 is 1.39 bits per heavy atom. The molecule has 0 aliphatic rings. The van der Waals surface area contributed by atoms with Crippen LogP contribution in [0.2, 0.25) is 0 Å². The molecule has 10 heteroatoms. The standard InChI is InChI=1S/C36H64N6O4/c1-4-6-7-8-9-10-11-12-13-14-15-16-17-18-19-20-21-22-32(43)46-27-30(23-24-45-35(44)33(37)29(3)5-2)26-42-28-40-31-25-39-36(38)41-34(31)42/h25,28-30,33H,4-24,26-27,37H2,1-3H3,(H2,38,39,41)/t29-,30?,33-/m0/s1. The van der Waals surface area contributed by atoms with Crippen molar-refractivity contribution < 1.29 is 19.1 Å². The van der Waals surface area contributed by atoms with Gasteiger partial charge >= 0.3 is 11.9 Å². The molecule has 2 aromatic heterocycles. The third-order valence-electron chi connectivity index (χ3n) is 9.10. The van der Waals surface area contributed by atoms with Crippen molar-refractivity contribution >= 4 is 29.1 Å². The summed E-state index contributed by atoms with van der Waals surface area (Å²) >= 11 is 0. The summed E-state index contributed by atoms with van der Waals surface area (Å²) in [7, 11) is 0. The Bertz CT molecular complexity index is 1090. The number of anilines is 1. The number of hydrogen-bond donors (Lipinski definition) is 2. The van der Waals surface area contributed by atoms with Gasteiger partial charge in [-0.3, -0.25) is 9.59 Å². The molecule has 0 aromatic carbocycles. The number of nitrogens with zero attached hydrogens (tertiary/aromatic N) is 4. The van der Waals surface area contributed by atoms with E-state index < -0.39 is 12.0 Å². The minimum Gasteiger partial charge on any atom is -0.465 e. The topological polar surface area (TPSA) is 148 Å². The highest BCUT2D eigenvalue weighted by molar-refractivity contribution is 5.75. The lowest BCUT2D eigenvalue weighted by Gasteiger charge is -2.20. The monoisotopic (exact) mass is 644 g/mol. The van der Waals surface area contributed by atoms with Gasteiger partial charge in [0.25, 0.3) is 0 Å². The Hall–Kier alpha value is -2.75. The molecule has 0 radical (unpaired) electrons. The Labute approximate surface area is 278 Å².